The van der Waals surface area contributed by atoms with E-state index in [1.807, 2.05) is 19.1 Å². The highest BCUT2D eigenvalue weighted by Gasteiger charge is 2.24. The van der Waals surface area contributed by atoms with Crippen LogP contribution in [0.1, 0.15) is 20.8 Å². The average molecular weight is 322 g/mol. The Morgan fingerprint density at radius 1 is 1.26 bits per heavy atom. The van der Waals surface area contributed by atoms with Crippen molar-refractivity contribution in [2.75, 3.05) is 32.6 Å². The van der Waals surface area contributed by atoms with Crippen LogP contribution in [0.3, 0.4) is 0 Å². The highest BCUT2D eigenvalue weighted by atomic mass is 16.5. The third-order valence-electron chi connectivity index (χ3n) is 3.29. The number of benzene rings is 1. The number of nitrogens with one attached hydrogen (secondary N) is 2. The van der Waals surface area contributed by atoms with E-state index in [4.69, 9.17) is 15.2 Å². The van der Waals surface area contributed by atoms with Gasteiger partial charge in [0.15, 0.2) is 17.5 Å². The average Bonchev–Trinajstić information content (AvgIpc) is 2.52. The number of ether oxygens (including phenoxy) is 2. The topological polar surface area (TPSA) is 98.0 Å². The van der Waals surface area contributed by atoms with Gasteiger partial charge in [-0.05, 0) is 32.9 Å². The molecule has 0 aromatic heterocycles. The van der Waals surface area contributed by atoms with Crippen molar-refractivity contribution in [3.8, 4) is 11.5 Å². The summed E-state index contributed by atoms with van der Waals surface area (Å²) in [5.74, 6) is 1.44. The molecule has 128 valence electrons. The van der Waals surface area contributed by atoms with Crippen LogP contribution in [0, 0.1) is 5.41 Å². The molecule has 0 saturated carbocycles. The van der Waals surface area contributed by atoms with Gasteiger partial charge in [-0.3, -0.25) is 9.79 Å². The smallest absolute Gasteiger partial charge is 0.224 e. The number of carbonyl (C=O) groups excluding carboxylic acids is 1. The van der Waals surface area contributed by atoms with Crippen molar-refractivity contribution in [2.24, 2.45) is 16.1 Å². The number of aliphatic imine (C=N–C) groups is 1. The molecule has 1 rings (SSSR count). The summed E-state index contributed by atoms with van der Waals surface area (Å²) in [7, 11) is 3.17. The van der Waals surface area contributed by atoms with Gasteiger partial charge in [0.05, 0.1) is 26.2 Å². The molecule has 1 aromatic rings. The lowest BCUT2D eigenvalue weighted by atomic mass is 9.93. The van der Waals surface area contributed by atoms with E-state index in [0.717, 1.165) is 5.69 Å². The summed E-state index contributed by atoms with van der Waals surface area (Å²) in [6, 6.07) is 5.47. The lowest BCUT2D eigenvalue weighted by molar-refractivity contribution is -0.125. The van der Waals surface area contributed by atoms with E-state index < -0.39 is 5.41 Å². The number of guanidine groups is 1. The molecule has 7 nitrogen and oxygen atoms in total. The molecule has 4 N–H and O–H groups in total. The second-order valence-electron chi connectivity index (χ2n) is 5.64. The molecule has 23 heavy (non-hydrogen) atoms. The van der Waals surface area contributed by atoms with Crippen LogP contribution in [0.5, 0.6) is 11.5 Å². The number of methoxy groups -OCH3 is 2. The third-order valence-corrected chi connectivity index (χ3v) is 3.29. The second kappa shape index (κ2) is 8.26. The highest BCUT2D eigenvalue weighted by molar-refractivity contribution is 5.94. The zero-order valence-electron chi connectivity index (χ0n) is 14.4. The fourth-order valence-corrected chi connectivity index (χ4v) is 1.71. The summed E-state index contributed by atoms with van der Waals surface area (Å²) in [6.45, 7) is 6.46. The van der Waals surface area contributed by atoms with Crippen LogP contribution in [-0.2, 0) is 4.79 Å². The molecule has 0 heterocycles. The SMILES string of the molecule is CCNC(=NCC(C)(C)C(N)=O)Nc1ccc(OC)c(OC)c1. The molecule has 0 bridgehead atoms. The Hall–Kier alpha value is -2.44. The van der Waals surface area contributed by atoms with Gasteiger partial charge in [0.2, 0.25) is 5.91 Å². The normalized spacial score (nSPS) is 11.8. The molecule has 0 aliphatic heterocycles. The number of carbonyl (C=O) groups is 1. The first-order valence-electron chi connectivity index (χ1n) is 7.41. The van der Waals surface area contributed by atoms with E-state index in [9.17, 15) is 4.79 Å². The van der Waals surface area contributed by atoms with E-state index in [2.05, 4.69) is 15.6 Å². The Labute approximate surface area is 137 Å². The molecule has 0 fully saturated rings. The number of rotatable bonds is 7. The molecule has 0 spiro atoms. The Morgan fingerprint density at radius 2 is 1.91 bits per heavy atom. The second-order valence-corrected chi connectivity index (χ2v) is 5.64. The third kappa shape index (κ3) is 5.36. The number of nitrogens with two attached hydrogens (primary N) is 1. The van der Waals surface area contributed by atoms with Gasteiger partial charge in [-0.25, -0.2) is 0 Å². The number of amides is 1. The Balaban J connectivity index is 2.93. The molecule has 1 amide bonds. The summed E-state index contributed by atoms with van der Waals surface area (Å²) < 4.78 is 10.5. The van der Waals surface area contributed by atoms with Crippen LogP contribution in [0.2, 0.25) is 0 Å². The lowest BCUT2D eigenvalue weighted by Crippen LogP contribution is -2.37. The first kappa shape index (κ1) is 18.6. The van der Waals surface area contributed by atoms with Crippen molar-refractivity contribution in [3.05, 3.63) is 18.2 Å². The van der Waals surface area contributed by atoms with E-state index in [1.54, 1.807) is 34.1 Å². The van der Waals surface area contributed by atoms with Crippen molar-refractivity contribution in [1.82, 2.24) is 5.32 Å². The monoisotopic (exact) mass is 322 g/mol. The zero-order chi connectivity index (χ0) is 17.5. The molecule has 0 unspecified atom stereocenters. The predicted octanol–water partition coefficient (Wildman–Crippen LogP) is 1.59. The molecule has 0 atom stereocenters. The van der Waals surface area contributed by atoms with Gasteiger partial charge >= 0.3 is 0 Å². The number of nitrogens with zero attached hydrogens (tertiary/aromatic N) is 1. The Bertz CT molecular complexity index is 570. The van der Waals surface area contributed by atoms with Crippen LogP contribution < -0.4 is 25.8 Å². The maximum Gasteiger partial charge on any atom is 0.224 e. The number of hydrogen-bond donors (Lipinski definition) is 3. The van der Waals surface area contributed by atoms with Gasteiger partial charge in [-0.1, -0.05) is 0 Å². The largest absolute Gasteiger partial charge is 0.493 e. The van der Waals surface area contributed by atoms with Crippen LogP contribution in [0.25, 0.3) is 0 Å². The molecular weight excluding hydrogens is 296 g/mol. The summed E-state index contributed by atoms with van der Waals surface area (Å²) in [5.41, 5.74) is 5.46. The summed E-state index contributed by atoms with van der Waals surface area (Å²) in [4.78, 5) is 15.8. The summed E-state index contributed by atoms with van der Waals surface area (Å²) in [6.07, 6.45) is 0. The number of anilines is 1. The molecular formula is C16H26N4O3. The van der Waals surface area contributed by atoms with Crippen LogP contribution in [-0.4, -0.2) is 39.2 Å². The van der Waals surface area contributed by atoms with E-state index in [0.29, 0.717) is 24.0 Å². The van der Waals surface area contributed by atoms with Crippen LogP contribution in [0.4, 0.5) is 5.69 Å². The van der Waals surface area contributed by atoms with E-state index in [1.165, 1.54) is 0 Å². The molecule has 1 aromatic carbocycles. The van der Waals surface area contributed by atoms with Gasteiger partial charge in [0.1, 0.15) is 0 Å². The first-order valence-corrected chi connectivity index (χ1v) is 7.41. The Morgan fingerprint density at radius 3 is 2.43 bits per heavy atom. The molecule has 0 aliphatic carbocycles. The van der Waals surface area contributed by atoms with Crippen molar-refractivity contribution in [3.63, 3.8) is 0 Å². The van der Waals surface area contributed by atoms with Gasteiger partial charge in [0.25, 0.3) is 0 Å². The number of hydrogen-bond acceptors (Lipinski definition) is 4. The lowest BCUT2D eigenvalue weighted by Gasteiger charge is -2.19. The van der Waals surface area contributed by atoms with Gasteiger partial charge in [0, 0.05) is 18.3 Å². The molecule has 0 radical (unpaired) electrons. The maximum absolute atomic E-state index is 11.4. The van der Waals surface area contributed by atoms with E-state index in [-0.39, 0.29) is 12.5 Å². The predicted molar refractivity (Wildman–Crippen MR) is 92.1 cm³/mol. The fraction of sp³-hybridized carbons (Fsp3) is 0.500. The molecule has 0 saturated heterocycles. The molecule has 7 heteroatoms. The maximum atomic E-state index is 11.4. The van der Waals surface area contributed by atoms with Crippen molar-refractivity contribution >= 4 is 17.6 Å². The number of primary amides is 1. The van der Waals surface area contributed by atoms with Crippen molar-refractivity contribution < 1.29 is 14.3 Å². The zero-order valence-corrected chi connectivity index (χ0v) is 14.4. The van der Waals surface area contributed by atoms with Gasteiger partial charge in [-0.15, -0.1) is 0 Å². The Kier molecular flexibility index (Phi) is 6.68. The van der Waals surface area contributed by atoms with Gasteiger partial charge in [-0.2, -0.15) is 0 Å². The minimum Gasteiger partial charge on any atom is -0.493 e. The summed E-state index contributed by atoms with van der Waals surface area (Å²) in [5, 5.41) is 6.29. The first-order chi connectivity index (χ1) is 10.8. The standard InChI is InChI=1S/C16H26N4O3/c1-6-18-15(19-10-16(2,3)14(17)21)20-11-7-8-12(22-4)13(9-11)23-5/h7-9H,6,10H2,1-5H3,(H2,17,21)(H2,18,19,20). The fourth-order valence-electron chi connectivity index (χ4n) is 1.71. The summed E-state index contributed by atoms with van der Waals surface area (Å²) >= 11 is 0. The highest BCUT2D eigenvalue weighted by Crippen LogP contribution is 2.29. The molecule has 0 aliphatic rings. The van der Waals surface area contributed by atoms with Crippen LogP contribution in [0.15, 0.2) is 23.2 Å². The minimum atomic E-state index is -0.708. The van der Waals surface area contributed by atoms with Crippen molar-refractivity contribution in [1.29, 1.82) is 0 Å². The van der Waals surface area contributed by atoms with Gasteiger partial charge < -0.3 is 25.8 Å². The minimum absolute atomic E-state index is 0.283. The van der Waals surface area contributed by atoms with Crippen molar-refractivity contribution in [2.45, 2.75) is 20.8 Å². The van der Waals surface area contributed by atoms with E-state index >= 15 is 0 Å². The quantitative estimate of drug-likeness (QED) is 0.523. The van der Waals surface area contributed by atoms with Crippen LogP contribution >= 0.6 is 0 Å².